The first kappa shape index (κ1) is 30.0. The van der Waals surface area contributed by atoms with Crippen molar-refractivity contribution in [3.8, 4) is 11.5 Å². The van der Waals surface area contributed by atoms with Crippen LogP contribution in [0.15, 0.2) is 47.2 Å². The summed E-state index contributed by atoms with van der Waals surface area (Å²) in [6, 6.07) is 4.92. The second kappa shape index (κ2) is 13.5. The van der Waals surface area contributed by atoms with Gasteiger partial charge in [0.2, 0.25) is 0 Å². The molecule has 0 radical (unpaired) electrons. The maximum Gasteiger partial charge on any atom is 0.342 e. The van der Waals surface area contributed by atoms with E-state index in [0.717, 1.165) is 44.1 Å². The van der Waals surface area contributed by atoms with Crippen LogP contribution in [0.3, 0.4) is 0 Å². The van der Waals surface area contributed by atoms with Gasteiger partial charge >= 0.3 is 17.9 Å². The molecule has 2 aliphatic rings. The average molecular weight is 541 g/mol. The lowest BCUT2D eigenvalue weighted by molar-refractivity contribution is -0.165. The van der Waals surface area contributed by atoms with Gasteiger partial charge in [-0.25, -0.2) is 4.79 Å². The van der Waals surface area contributed by atoms with Crippen LogP contribution in [-0.4, -0.2) is 51.9 Å². The molecule has 1 fully saturated rings. The molecule has 1 aromatic carbocycles. The molecule has 0 spiro atoms. The molecule has 1 aromatic rings. The summed E-state index contributed by atoms with van der Waals surface area (Å²) >= 11 is 0. The van der Waals surface area contributed by atoms with E-state index in [9.17, 15) is 14.4 Å². The number of hydrogen-bond donors (Lipinski definition) is 0. The van der Waals surface area contributed by atoms with Crippen LogP contribution in [0.5, 0.6) is 11.5 Å². The third kappa shape index (κ3) is 6.39. The van der Waals surface area contributed by atoms with Gasteiger partial charge in [-0.2, -0.15) is 0 Å². The molecule has 0 unspecified atom stereocenters. The number of carbonyl (C=O) groups is 3. The third-order valence-electron chi connectivity index (χ3n) is 7.63. The average Bonchev–Trinajstić information content (AvgIpc) is 2.98. The standard InChI is InChI=1S/C31H40O8/c1-6-7-8-10-13-22-16-19-30(28(33)37-4,29(34)38-5)21-25(22)31(17-11-9-12-18-31)39-27(32)24-15-14-23(35-2)20-26(24)36-3/h10,14-15,20-21H,6-9,11-12,16-19H2,1-5H3. The smallest absolute Gasteiger partial charge is 0.342 e. The summed E-state index contributed by atoms with van der Waals surface area (Å²) < 4.78 is 27.3. The molecule has 1 saturated carbocycles. The van der Waals surface area contributed by atoms with E-state index in [-0.39, 0.29) is 12.0 Å². The second-order valence-electron chi connectivity index (χ2n) is 9.99. The van der Waals surface area contributed by atoms with Crippen molar-refractivity contribution in [3.05, 3.63) is 52.8 Å². The molecule has 0 heterocycles. The first-order chi connectivity index (χ1) is 18.8. The molecule has 0 atom stereocenters. The first-order valence-electron chi connectivity index (χ1n) is 13.6. The quantitative estimate of drug-likeness (QED) is 0.119. The van der Waals surface area contributed by atoms with Gasteiger partial charge in [0.15, 0.2) is 5.41 Å². The molecular formula is C31H40O8. The molecular weight excluding hydrogens is 500 g/mol. The number of methoxy groups -OCH3 is 4. The van der Waals surface area contributed by atoms with Gasteiger partial charge in [-0.1, -0.05) is 19.8 Å². The van der Waals surface area contributed by atoms with E-state index < -0.39 is 28.9 Å². The predicted molar refractivity (Wildman–Crippen MR) is 146 cm³/mol. The molecule has 0 aromatic heterocycles. The van der Waals surface area contributed by atoms with E-state index in [0.29, 0.717) is 36.3 Å². The van der Waals surface area contributed by atoms with Crippen molar-refractivity contribution in [1.82, 2.24) is 0 Å². The van der Waals surface area contributed by atoms with Gasteiger partial charge in [-0.3, -0.25) is 9.59 Å². The van der Waals surface area contributed by atoms with E-state index in [4.69, 9.17) is 23.7 Å². The normalized spacial score (nSPS) is 17.7. The largest absolute Gasteiger partial charge is 0.497 e. The zero-order valence-electron chi connectivity index (χ0n) is 23.7. The van der Waals surface area contributed by atoms with Gasteiger partial charge in [-0.15, -0.1) is 5.73 Å². The molecule has 8 nitrogen and oxygen atoms in total. The van der Waals surface area contributed by atoms with Crippen molar-refractivity contribution in [1.29, 1.82) is 0 Å². The Morgan fingerprint density at radius 2 is 1.64 bits per heavy atom. The Kier molecular flexibility index (Phi) is 10.4. The number of hydrogen-bond acceptors (Lipinski definition) is 8. The van der Waals surface area contributed by atoms with Crippen LogP contribution < -0.4 is 9.47 Å². The van der Waals surface area contributed by atoms with Crippen molar-refractivity contribution in [2.45, 2.75) is 76.7 Å². The van der Waals surface area contributed by atoms with Crippen molar-refractivity contribution < 1.29 is 38.1 Å². The molecule has 0 aliphatic heterocycles. The number of benzene rings is 1. The first-order valence-corrected chi connectivity index (χ1v) is 13.6. The van der Waals surface area contributed by atoms with Crippen LogP contribution in [-0.2, 0) is 23.8 Å². The van der Waals surface area contributed by atoms with Crippen LogP contribution in [0.25, 0.3) is 0 Å². The highest BCUT2D eigenvalue weighted by Gasteiger charge is 2.53. The summed E-state index contributed by atoms with van der Waals surface area (Å²) in [5.41, 5.74) is 2.43. The Morgan fingerprint density at radius 1 is 0.949 bits per heavy atom. The zero-order chi connectivity index (χ0) is 28.5. The van der Waals surface area contributed by atoms with Crippen LogP contribution in [0.1, 0.15) is 81.5 Å². The molecule has 0 amide bonds. The van der Waals surface area contributed by atoms with Gasteiger partial charge < -0.3 is 23.7 Å². The molecule has 39 heavy (non-hydrogen) atoms. The monoisotopic (exact) mass is 540 g/mol. The highest BCUT2D eigenvalue weighted by molar-refractivity contribution is 6.03. The number of rotatable bonds is 10. The summed E-state index contributed by atoms with van der Waals surface area (Å²) in [6.45, 7) is 2.12. The fraction of sp³-hybridized carbons (Fsp3) is 0.548. The number of ether oxygens (including phenoxy) is 5. The Labute approximate surface area is 231 Å². The molecule has 8 heteroatoms. The van der Waals surface area contributed by atoms with Crippen LogP contribution >= 0.6 is 0 Å². The molecule has 212 valence electrons. The highest BCUT2D eigenvalue weighted by atomic mass is 16.6. The third-order valence-corrected chi connectivity index (χ3v) is 7.63. The Morgan fingerprint density at radius 3 is 2.23 bits per heavy atom. The van der Waals surface area contributed by atoms with Gasteiger partial charge in [0.05, 0.1) is 28.4 Å². The Bertz CT molecular complexity index is 1130. The minimum absolute atomic E-state index is 0.177. The molecule has 3 rings (SSSR count). The van der Waals surface area contributed by atoms with Crippen molar-refractivity contribution >= 4 is 17.9 Å². The van der Waals surface area contributed by atoms with E-state index in [1.54, 1.807) is 24.3 Å². The molecule has 0 bridgehead atoms. The minimum Gasteiger partial charge on any atom is -0.497 e. The fourth-order valence-electron chi connectivity index (χ4n) is 5.44. The molecule has 0 N–H and O–H groups in total. The maximum absolute atomic E-state index is 13.7. The second-order valence-corrected chi connectivity index (χ2v) is 9.99. The Hall–Kier alpha value is -3.51. The Balaban J connectivity index is 2.19. The van der Waals surface area contributed by atoms with Gasteiger partial charge in [0, 0.05) is 17.2 Å². The summed E-state index contributed by atoms with van der Waals surface area (Å²) in [5.74, 6) is -1.07. The zero-order valence-corrected chi connectivity index (χ0v) is 23.7. The van der Waals surface area contributed by atoms with Crippen LogP contribution in [0.4, 0.5) is 0 Å². The topological polar surface area (TPSA) is 97.4 Å². The summed E-state index contributed by atoms with van der Waals surface area (Å²) in [6.07, 6.45) is 10.8. The number of unbranched alkanes of at least 4 members (excludes halogenated alkanes) is 2. The number of carbonyl (C=O) groups excluding carboxylic acids is 3. The fourth-order valence-corrected chi connectivity index (χ4v) is 5.44. The summed E-state index contributed by atoms with van der Waals surface area (Å²) in [7, 11) is 5.52. The summed E-state index contributed by atoms with van der Waals surface area (Å²) in [4.78, 5) is 39.8. The van der Waals surface area contributed by atoms with Crippen molar-refractivity contribution in [2.75, 3.05) is 28.4 Å². The highest BCUT2D eigenvalue weighted by Crippen LogP contribution is 2.49. The predicted octanol–water partition coefficient (Wildman–Crippen LogP) is 5.89. The van der Waals surface area contributed by atoms with Crippen LogP contribution in [0.2, 0.25) is 0 Å². The van der Waals surface area contributed by atoms with Gasteiger partial charge in [0.1, 0.15) is 22.7 Å². The maximum atomic E-state index is 13.7. The lowest BCUT2D eigenvalue weighted by Crippen LogP contribution is -2.46. The van der Waals surface area contributed by atoms with E-state index in [1.807, 2.05) is 6.08 Å². The SMILES string of the molecule is CCCCC=C=C1CCC(C(=O)OC)(C(=O)OC)C=C1C1(OC(=O)c2ccc(OC)cc2OC)CCCCC1. The summed E-state index contributed by atoms with van der Waals surface area (Å²) in [5, 5.41) is 0. The number of esters is 3. The van der Waals surface area contributed by atoms with Gasteiger partial charge in [0.25, 0.3) is 0 Å². The van der Waals surface area contributed by atoms with E-state index in [2.05, 4.69) is 12.7 Å². The van der Waals surface area contributed by atoms with E-state index >= 15 is 0 Å². The van der Waals surface area contributed by atoms with Crippen LogP contribution in [0, 0.1) is 5.41 Å². The van der Waals surface area contributed by atoms with Crippen molar-refractivity contribution in [3.63, 3.8) is 0 Å². The lowest BCUT2D eigenvalue weighted by Gasteiger charge is -2.43. The van der Waals surface area contributed by atoms with E-state index in [1.165, 1.54) is 28.4 Å². The lowest BCUT2D eigenvalue weighted by atomic mass is 9.67. The van der Waals surface area contributed by atoms with Gasteiger partial charge in [-0.05, 0) is 75.7 Å². The van der Waals surface area contributed by atoms with Crippen molar-refractivity contribution in [2.24, 2.45) is 5.41 Å². The molecule has 2 aliphatic carbocycles. The molecule has 0 saturated heterocycles. The minimum atomic E-state index is -1.64.